The number of para-hydroxylation sites is 1. The molecule has 1 amide bonds. The summed E-state index contributed by atoms with van der Waals surface area (Å²) in [6, 6.07) is 11.9. The second-order valence-electron chi connectivity index (χ2n) is 6.14. The topological polar surface area (TPSA) is 56.9 Å². The van der Waals surface area contributed by atoms with Gasteiger partial charge in [0, 0.05) is 29.9 Å². The number of anilines is 1. The van der Waals surface area contributed by atoms with Gasteiger partial charge in [0.25, 0.3) is 5.91 Å². The second kappa shape index (κ2) is 5.25. The van der Waals surface area contributed by atoms with Crippen LogP contribution in [0.2, 0.25) is 0 Å². The van der Waals surface area contributed by atoms with E-state index in [0.717, 1.165) is 35.4 Å². The van der Waals surface area contributed by atoms with E-state index in [1.54, 1.807) is 0 Å². The highest BCUT2D eigenvalue weighted by Gasteiger charge is 2.15. The summed E-state index contributed by atoms with van der Waals surface area (Å²) in [4.78, 5) is 16.0. The molecule has 1 aliphatic rings. The highest BCUT2D eigenvalue weighted by atomic mass is 16.1. The summed E-state index contributed by atoms with van der Waals surface area (Å²) in [7, 11) is 0. The molecule has 23 heavy (non-hydrogen) atoms. The third-order valence-corrected chi connectivity index (χ3v) is 4.68. The number of hydrogen-bond acceptors (Lipinski definition) is 2. The van der Waals surface area contributed by atoms with Gasteiger partial charge in [-0.3, -0.25) is 4.79 Å². The third kappa shape index (κ3) is 2.32. The largest absolute Gasteiger partial charge is 0.358 e. The first kappa shape index (κ1) is 14.0. The number of aryl methyl sites for hydroxylation is 2. The minimum Gasteiger partial charge on any atom is -0.358 e. The summed E-state index contributed by atoms with van der Waals surface area (Å²) in [5.41, 5.74) is 7.28. The number of carbonyl (C=O) groups is 1. The predicted octanol–water partition coefficient (Wildman–Crippen LogP) is 3.64. The lowest BCUT2D eigenvalue weighted by molar-refractivity contribution is 0.102. The van der Waals surface area contributed by atoms with Crippen molar-refractivity contribution in [3.8, 4) is 0 Å². The van der Waals surface area contributed by atoms with Crippen LogP contribution in [0.4, 0.5) is 5.69 Å². The van der Waals surface area contributed by atoms with Gasteiger partial charge >= 0.3 is 0 Å². The molecule has 0 saturated heterocycles. The number of fused-ring (bicyclic) bond motifs is 2. The zero-order valence-corrected chi connectivity index (χ0v) is 13.3. The molecule has 0 saturated carbocycles. The van der Waals surface area contributed by atoms with Gasteiger partial charge < -0.3 is 15.6 Å². The van der Waals surface area contributed by atoms with Gasteiger partial charge in [0.05, 0.1) is 11.1 Å². The first-order chi connectivity index (χ1) is 11.1. The Kier molecular flexibility index (Phi) is 3.20. The number of H-pyrrole nitrogens is 1. The van der Waals surface area contributed by atoms with Crippen LogP contribution >= 0.6 is 0 Å². The molecule has 3 N–H and O–H groups in total. The Morgan fingerprint density at radius 1 is 1.09 bits per heavy atom. The molecule has 1 aromatic heterocycles. The van der Waals surface area contributed by atoms with E-state index in [9.17, 15) is 4.79 Å². The standard InChI is InChI=1S/C19H19N3O/c1-11-12(2)21-18-16(11)4-3-5-17(18)19(23)22-15-7-6-13-9-20-10-14(13)8-15/h3-8,20-21H,9-10H2,1-2H3,(H,22,23). The lowest BCUT2D eigenvalue weighted by Crippen LogP contribution is -2.12. The number of rotatable bonds is 2. The Morgan fingerprint density at radius 2 is 1.91 bits per heavy atom. The molecule has 0 aliphatic carbocycles. The molecular formula is C19H19N3O. The first-order valence-electron chi connectivity index (χ1n) is 7.85. The quantitative estimate of drug-likeness (QED) is 0.677. The molecule has 1 aliphatic heterocycles. The average Bonchev–Trinajstić information content (AvgIpc) is 3.12. The summed E-state index contributed by atoms with van der Waals surface area (Å²) >= 11 is 0. The van der Waals surface area contributed by atoms with Crippen molar-refractivity contribution in [1.82, 2.24) is 10.3 Å². The Hall–Kier alpha value is -2.59. The van der Waals surface area contributed by atoms with Crippen LogP contribution in [0.5, 0.6) is 0 Å². The number of carbonyl (C=O) groups excluding carboxylic acids is 1. The van der Waals surface area contributed by atoms with E-state index in [1.807, 2.05) is 31.2 Å². The number of hydrogen-bond donors (Lipinski definition) is 3. The zero-order chi connectivity index (χ0) is 16.0. The number of aromatic amines is 1. The van der Waals surface area contributed by atoms with E-state index < -0.39 is 0 Å². The molecule has 0 radical (unpaired) electrons. The summed E-state index contributed by atoms with van der Waals surface area (Å²) in [5.74, 6) is -0.0808. The predicted molar refractivity (Wildman–Crippen MR) is 92.7 cm³/mol. The highest BCUT2D eigenvalue weighted by molar-refractivity contribution is 6.12. The Bertz CT molecular complexity index is 924. The lowest BCUT2D eigenvalue weighted by atomic mass is 10.1. The molecular weight excluding hydrogens is 286 g/mol. The van der Waals surface area contributed by atoms with Crippen molar-refractivity contribution < 1.29 is 4.79 Å². The smallest absolute Gasteiger partial charge is 0.257 e. The number of amides is 1. The van der Waals surface area contributed by atoms with Crippen molar-refractivity contribution >= 4 is 22.5 Å². The molecule has 116 valence electrons. The Labute approximate surface area is 134 Å². The van der Waals surface area contributed by atoms with Gasteiger partial charge in [-0.1, -0.05) is 18.2 Å². The van der Waals surface area contributed by atoms with Crippen molar-refractivity contribution in [2.75, 3.05) is 5.32 Å². The number of aromatic nitrogens is 1. The molecule has 0 bridgehead atoms. The van der Waals surface area contributed by atoms with Crippen LogP contribution in [0, 0.1) is 13.8 Å². The maximum absolute atomic E-state index is 12.7. The fraction of sp³-hybridized carbons (Fsp3) is 0.211. The van der Waals surface area contributed by atoms with Crippen LogP contribution in [0.3, 0.4) is 0 Å². The average molecular weight is 305 g/mol. The molecule has 0 fully saturated rings. The van der Waals surface area contributed by atoms with Gasteiger partial charge in [0.15, 0.2) is 0 Å². The van der Waals surface area contributed by atoms with E-state index >= 15 is 0 Å². The van der Waals surface area contributed by atoms with Crippen LogP contribution in [0.15, 0.2) is 36.4 Å². The molecule has 0 unspecified atom stereocenters. The lowest BCUT2D eigenvalue weighted by Gasteiger charge is -2.08. The van der Waals surface area contributed by atoms with Gasteiger partial charge in [0.1, 0.15) is 0 Å². The monoisotopic (exact) mass is 305 g/mol. The van der Waals surface area contributed by atoms with Crippen molar-refractivity contribution in [1.29, 1.82) is 0 Å². The first-order valence-corrected chi connectivity index (χ1v) is 7.85. The molecule has 2 heterocycles. The molecule has 4 rings (SSSR count). The van der Waals surface area contributed by atoms with Gasteiger partial charge in [-0.25, -0.2) is 0 Å². The van der Waals surface area contributed by atoms with Crippen LogP contribution in [-0.2, 0) is 13.1 Å². The summed E-state index contributed by atoms with van der Waals surface area (Å²) in [5, 5.41) is 7.44. The van der Waals surface area contributed by atoms with Gasteiger partial charge in [0.2, 0.25) is 0 Å². The summed E-state index contributed by atoms with van der Waals surface area (Å²) < 4.78 is 0. The summed E-state index contributed by atoms with van der Waals surface area (Å²) in [6.45, 7) is 5.88. The van der Waals surface area contributed by atoms with Crippen LogP contribution in [-0.4, -0.2) is 10.9 Å². The number of benzene rings is 2. The van der Waals surface area contributed by atoms with Crippen LogP contribution in [0.25, 0.3) is 10.9 Å². The van der Waals surface area contributed by atoms with Gasteiger partial charge in [-0.15, -0.1) is 0 Å². The van der Waals surface area contributed by atoms with Crippen LogP contribution in [0.1, 0.15) is 32.7 Å². The molecule has 0 atom stereocenters. The molecule has 0 spiro atoms. The van der Waals surface area contributed by atoms with Crippen molar-refractivity contribution in [2.24, 2.45) is 0 Å². The zero-order valence-electron chi connectivity index (χ0n) is 13.3. The van der Waals surface area contributed by atoms with Gasteiger partial charge in [-0.2, -0.15) is 0 Å². The minimum absolute atomic E-state index is 0.0808. The third-order valence-electron chi connectivity index (χ3n) is 4.68. The van der Waals surface area contributed by atoms with Gasteiger partial charge in [-0.05, 0) is 48.7 Å². The fourth-order valence-electron chi connectivity index (χ4n) is 3.24. The fourth-order valence-corrected chi connectivity index (χ4v) is 3.24. The van der Waals surface area contributed by atoms with E-state index in [0.29, 0.717) is 5.56 Å². The molecule has 4 nitrogen and oxygen atoms in total. The number of nitrogens with one attached hydrogen (secondary N) is 3. The van der Waals surface area contributed by atoms with Crippen molar-refractivity contribution in [3.05, 3.63) is 64.3 Å². The van der Waals surface area contributed by atoms with E-state index in [4.69, 9.17) is 0 Å². The van der Waals surface area contributed by atoms with E-state index in [1.165, 1.54) is 16.7 Å². The highest BCUT2D eigenvalue weighted by Crippen LogP contribution is 2.25. The Morgan fingerprint density at radius 3 is 2.78 bits per heavy atom. The molecule has 3 aromatic rings. The van der Waals surface area contributed by atoms with Crippen molar-refractivity contribution in [3.63, 3.8) is 0 Å². The second-order valence-corrected chi connectivity index (χ2v) is 6.14. The molecule has 2 aromatic carbocycles. The SMILES string of the molecule is Cc1[nH]c2c(C(=O)Nc3ccc4c(c3)CNC4)cccc2c1C. The maximum Gasteiger partial charge on any atom is 0.257 e. The van der Waals surface area contributed by atoms with E-state index in [2.05, 4.69) is 34.7 Å². The minimum atomic E-state index is -0.0808. The maximum atomic E-state index is 12.7. The van der Waals surface area contributed by atoms with Crippen molar-refractivity contribution in [2.45, 2.75) is 26.9 Å². The molecule has 4 heteroatoms. The normalized spacial score (nSPS) is 13.3. The Balaban J connectivity index is 1.68. The van der Waals surface area contributed by atoms with E-state index in [-0.39, 0.29) is 5.91 Å². The summed E-state index contributed by atoms with van der Waals surface area (Å²) in [6.07, 6.45) is 0. The van der Waals surface area contributed by atoms with Crippen LogP contribution < -0.4 is 10.6 Å².